The minimum Gasteiger partial charge on any atom is -0.481 e. The third-order valence-corrected chi connectivity index (χ3v) is 7.20. The number of piperazine rings is 1. The summed E-state index contributed by atoms with van der Waals surface area (Å²) in [5.74, 6) is -1.13. The summed E-state index contributed by atoms with van der Waals surface area (Å²) in [6.07, 6.45) is -0.0335. The number of nitrogens with zero attached hydrogens (tertiary/aromatic N) is 2. The number of carbonyl (C=O) groups is 2. The van der Waals surface area contributed by atoms with Gasteiger partial charge in [0, 0.05) is 31.2 Å². The van der Waals surface area contributed by atoms with Crippen molar-refractivity contribution in [3.05, 3.63) is 34.9 Å². The Balaban J connectivity index is 1.87. The molecule has 2 fully saturated rings. The zero-order valence-electron chi connectivity index (χ0n) is 15.0. The van der Waals surface area contributed by atoms with Crippen LogP contribution in [-0.2, 0) is 14.6 Å². The zero-order valence-corrected chi connectivity index (χ0v) is 15.8. The van der Waals surface area contributed by atoms with E-state index in [9.17, 15) is 18.0 Å². The first kappa shape index (κ1) is 18.8. The summed E-state index contributed by atoms with van der Waals surface area (Å²) in [5, 5.41) is 8.92. The molecular formula is C18H24N2O5S. The van der Waals surface area contributed by atoms with Crippen LogP contribution < -0.4 is 0 Å². The number of carboxylic acids is 1. The second-order valence-corrected chi connectivity index (χ2v) is 9.29. The first-order chi connectivity index (χ1) is 12.2. The van der Waals surface area contributed by atoms with Crippen molar-refractivity contribution in [2.75, 3.05) is 31.1 Å². The van der Waals surface area contributed by atoms with Gasteiger partial charge in [-0.15, -0.1) is 0 Å². The minimum atomic E-state index is -3.25. The van der Waals surface area contributed by atoms with Gasteiger partial charge >= 0.3 is 5.97 Å². The Morgan fingerprint density at radius 2 is 1.85 bits per heavy atom. The van der Waals surface area contributed by atoms with Crippen LogP contribution >= 0.6 is 0 Å². The van der Waals surface area contributed by atoms with Gasteiger partial charge < -0.3 is 10.0 Å². The first-order valence-corrected chi connectivity index (χ1v) is 10.5. The molecule has 0 saturated carbocycles. The van der Waals surface area contributed by atoms with Crippen LogP contribution in [-0.4, -0.2) is 78.4 Å². The summed E-state index contributed by atoms with van der Waals surface area (Å²) in [7, 11) is -3.25. The van der Waals surface area contributed by atoms with Crippen molar-refractivity contribution in [2.24, 2.45) is 0 Å². The van der Waals surface area contributed by atoms with Crippen molar-refractivity contribution < 1.29 is 23.1 Å². The lowest BCUT2D eigenvalue weighted by atomic mass is 9.99. The summed E-state index contributed by atoms with van der Waals surface area (Å²) >= 11 is 0. The Morgan fingerprint density at radius 3 is 2.54 bits per heavy atom. The Bertz CT molecular complexity index is 836. The van der Waals surface area contributed by atoms with Crippen LogP contribution in [0.5, 0.6) is 0 Å². The summed E-state index contributed by atoms with van der Waals surface area (Å²) in [6, 6.07) is 4.80. The lowest BCUT2D eigenvalue weighted by molar-refractivity contribution is -0.137. The molecule has 0 radical (unpaired) electrons. The number of aryl methyl sites for hydroxylation is 1. The van der Waals surface area contributed by atoms with Gasteiger partial charge in [-0.1, -0.05) is 12.1 Å². The van der Waals surface area contributed by atoms with Gasteiger partial charge in [-0.2, -0.15) is 0 Å². The highest BCUT2D eigenvalue weighted by atomic mass is 32.2. The maximum atomic E-state index is 13.1. The number of hydrogen-bond donors (Lipinski definition) is 1. The fourth-order valence-electron chi connectivity index (χ4n) is 3.93. The molecule has 2 aliphatic rings. The molecule has 0 aromatic heterocycles. The molecule has 26 heavy (non-hydrogen) atoms. The molecular weight excluding hydrogens is 356 g/mol. The van der Waals surface area contributed by atoms with Crippen LogP contribution in [0, 0.1) is 13.8 Å². The maximum Gasteiger partial charge on any atom is 0.304 e. The molecule has 8 heteroatoms. The number of amides is 1. The van der Waals surface area contributed by atoms with E-state index in [1.807, 2.05) is 30.9 Å². The van der Waals surface area contributed by atoms with E-state index in [1.165, 1.54) is 0 Å². The zero-order chi connectivity index (χ0) is 19.1. The lowest BCUT2D eigenvalue weighted by Gasteiger charge is -2.44. The van der Waals surface area contributed by atoms with Crippen molar-refractivity contribution in [3.8, 4) is 0 Å². The number of aliphatic carboxylic acids is 1. The SMILES string of the molecule is Cc1cccc(C(=O)N2CCN(CCC(=O)O)[C@@H]3CS(=O)(=O)C[C@@H]32)c1C. The van der Waals surface area contributed by atoms with E-state index in [2.05, 4.69) is 0 Å². The minimum absolute atomic E-state index is 0.0200. The van der Waals surface area contributed by atoms with E-state index < -0.39 is 21.8 Å². The second-order valence-electron chi connectivity index (χ2n) is 7.14. The molecule has 142 valence electrons. The smallest absolute Gasteiger partial charge is 0.304 e. The monoisotopic (exact) mass is 380 g/mol. The van der Waals surface area contributed by atoms with Gasteiger partial charge in [0.15, 0.2) is 9.84 Å². The molecule has 1 N–H and O–H groups in total. The van der Waals surface area contributed by atoms with Crippen molar-refractivity contribution >= 4 is 21.7 Å². The molecule has 2 atom stereocenters. The van der Waals surface area contributed by atoms with Gasteiger partial charge in [-0.25, -0.2) is 8.42 Å². The Hall–Kier alpha value is -1.93. The summed E-state index contributed by atoms with van der Waals surface area (Å²) in [5.41, 5.74) is 2.53. The van der Waals surface area contributed by atoms with Crippen molar-refractivity contribution in [2.45, 2.75) is 32.4 Å². The highest BCUT2D eigenvalue weighted by molar-refractivity contribution is 7.91. The molecule has 1 aromatic carbocycles. The first-order valence-electron chi connectivity index (χ1n) is 8.73. The van der Waals surface area contributed by atoms with Crippen LogP contribution in [0.4, 0.5) is 0 Å². The number of sulfone groups is 1. The fourth-order valence-corrected chi connectivity index (χ4v) is 5.94. The lowest BCUT2D eigenvalue weighted by Crippen LogP contribution is -2.60. The standard InChI is InChI=1S/C18H24N2O5S/c1-12-4-3-5-14(13(12)2)18(23)20-9-8-19(7-6-17(21)22)15-10-26(24,25)11-16(15)20/h3-5,15-16H,6-11H2,1-2H3,(H,21,22)/t15-,16+/m1/s1. The average molecular weight is 380 g/mol. The highest BCUT2D eigenvalue weighted by Gasteiger charge is 2.48. The van der Waals surface area contributed by atoms with Gasteiger partial charge in [0.25, 0.3) is 5.91 Å². The molecule has 1 aromatic rings. The largest absolute Gasteiger partial charge is 0.481 e. The second kappa shape index (κ2) is 7.00. The molecule has 2 heterocycles. The fraction of sp³-hybridized carbons (Fsp3) is 0.556. The van der Waals surface area contributed by atoms with Gasteiger partial charge in [0.2, 0.25) is 0 Å². The van der Waals surface area contributed by atoms with Crippen LogP contribution in [0.3, 0.4) is 0 Å². The molecule has 0 bridgehead atoms. The maximum absolute atomic E-state index is 13.1. The molecule has 3 rings (SSSR count). The quantitative estimate of drug-likeness (QED) is 0.826. The van der Waals surface area contributed by atoms with Gasteiger partial charge in [0.1, 0.15) is 0 Å². The third-order valence-electron chi connectivity index (χ3n) is 5.50. The number of carboxylic acid groups (broad SMARTS) is 1. The van der Waals surface area contributed by atoms with Crippen molar-refractivity contribution in [1.29, 1.82) is 0 Å². The normalized spacial score (nSPS) is 25.1. The molecule has 0 unspecified atom stereocenters. The number of fused-ring (bicyclic) bond motifs is 1. The van der Waals surface area contributed by atoms with Gasteiger partial charge in [0.05, 0.1) is 24.0 Å². The molecule has 7 nitrogen and oxygen atoms in total. The van der Waals surface area contributed by atoms with Crippen molar-refractivity contribution in [3.63, 3.8) is 0 Å². The Kier molecular flexibility index (Phi) is 5.07. The van der Waals surface area contributed by atoms with E-state index in [0.29, 0.717) is 25.2 Å². The predicted octanol–water partition coefficient (Wildman–Crippen LogP) is 0.702. The summed E-state index contributed by atoms with van der Waals surface area (Å²) in [6.45, 7) is 5.04. The van der Waals surface area contributed by atoms with Gasteiger partial charge in [-0.05, 0) is 31.0 Å². The van der Waals surface area contributed by atoms with E-state index >= 15 is 0 Å². The topological polar surface area (TPSA) is 95.0 Å². The number of carbonyl (C=O) groups excluding carboxylic acids is 1. The third kappa shape index (κ3) is 3.61. The van der Waals surface area contributed by atoms with E-state index in [1.54, 1.807) is 11.0 Å². The summed E-state index contributed by atoms with van der Waals surface area (Å²) < 4.78 is 24.5. The molecule has 2 aliphatic heterocycles. The number of rotatable bonds is 4. The highest BCUT2D eigenvalue weighted by Crippen LogP contribution is 2.29. The molecule has 0 spiro atoms. The van der Waals surface area contributed by atoms with E-state index in [-0.39, 0.29) is 29.9 Å². The number of hydrogen-bond acceptors (Lipinski definition) is 5. The van der Waals surface area contributed by atoms with Gasteiger partial charge in [-0.3, -0.25) is 14.5 Å². The summed E-state index contributed by atoms with van der Waals surface area (Å²) in [4.78, 5) is 27.6. The van der Waals surface area contributed by atoms with Crippen LogP contribution in [0.1, 0.15) is 27.9 Å². The Labute approximate surface area is 153 Å². The van der Waals surface area contributed by atoms with E-state index in [4.69, 9.17) is 5.11 Å². The predicted molar refractivity (Wildman–Crippen MR) is 97.0 cm³/mol. The van der Waals surface area contributed by atoms with Crippen LogP contribution in [0.25, 0.3) is 0 Å². The molecule has 0 aliphatic carbocycles. The molecule has 2 saturated heterocycles. The average Bonchev–Trinajstić information content (AvgIpc) is 2.89. The van der Waals surface area contributed by atoms with Crippen LogP contribution in [0.15, 0.2) is 18.2 Å². The van der Waals surface area contributed by atoms with Crippen LogP contribution in [0.2, 0.25) is 0 Å². The van der Waals surface area contributed by atoms with Crippen molar-refractivity contribution in [1.82, 2.24) is 9.80 Å². The van der Waals surface area contributed by atoms with E-state index in [0.717, 1.165) is 11.1 Å². The Morgan fingerprint density at radius 1 is 1.15 bits per heavy atom. The molecule has 1 amide bonds. The number of benzene rings is 1.